The lowest BCUT2D eigenvalue weighted by atomic mass is 10.1. The normalized spacial score (nSPS) is 15.2. The fourth-order valence-electron chi connectivity index (χ4n) is 4.01. The van der Waals surface area contributed by atoms with Gasteiger partial charge in [-0.15, -0.1) is 0 Å². The Morgan fingerprint density at radius 2 is 2.07 bits per heavy atom. The van der Waals surface area contributed by atoms with Crippen LogP contribution in [0.5, 0.6) is 5.75 Å². The molecule has 0 spiro atoms. The molecule has 4 rings (SSSR count). The van der Waals surface area contributed by atoms with Gasteiger partial charge in [-0.1, -0.05) is 18.2 Å². The Bertz CT molecular complexity index is 1020. The van der Waals surface area contributed by atoms with Gasteiger partial charge in [-0.25, -0.2) is 0 Å². The van der Waals surface area contributed by atoms with Gasteiger partial charge >= 0.3 is 0 Å². The van der Waals surface area contributed by atoms with E-state index in [2.05, 4.69) is 51.7 Å². The van der Waals surface area contributed by atoms with Gasteiger partial charge in [-0.2, -0.15) is 0 Å². The highest BCUT2D eigenvalue weighted by molar-refractivity contribution is 7.80. The van der Waals surface area contributed by atoms with Gasteiger partial charge in [-0.3, -0.25) is 4.98 Å². The number of para-hydroxylation sites is 1. The summed E-state index contributed by atoms with van der Waals surface area (Å²) in [5.41, 5.74) is 4.57. The van der Waals surface area contributed by atoms with E-state index in [0.717, 1.165) is 48.3 Å². The Labute approximate surface area is 177 Å². The zero-order chi connectivity index (χ0) is 20.2. The number of thiocarbonyl (C=S) groups is 1. The maximum atomic E-state index is 5.51. The van der Waals surface area contributed by atoms with Crippen molar-refractivity contribution in [2.45, 2.75) is 25.8 Å². The fraction of sp³-hybridized carbons (Fsp3) is 0.304. The molecule has 0 aliphatic carbocycles. The van der Waals surface area contributed by atoms with Crippen molar-refractivity contribution in [2.75, 3.05) is 30.4 Å². The number of hydrogen-bond acceptors (Lipinski definition) is 4. The number of pyridine rings is 1. The molecule has 6 heteroatoms. The summed E-state index contributed by atoms with van der Waals surface area (Å²) in [5.74, 6) is 0.755. The van der Waals surface area contributed by atoms with E-state index >= 15 is 0 Å². The highest BCUT2D eigenvalue weighted by Gasteiger charge is 2.24. The number of ether oxygens (including phenoxy) is 1. The van der Waals surface area contributed by atoms with Crippen LogP contribution in [0.25, 0.3) is 10.9 Å². The van der Waals surface area contributed by atoms with Crippen molar-refractivity contribution in [1.29, 1.82) is 0 Å². The second-order valence-electron chi connectivity index (χ2n) is 7.32. The molecule has 0 radical (unpaired) electrons. The molecule has 29 heavy (non-hydrogen) atoms. The van der Waals surface area contributed by atoms with Crippen LogP contribution in [-0.4, -0.2) is 36.3 Å². The molecule has 0 bridgehead atoms. The minimum absolute atomic E-state index is 0.552. The van der Waals surface area contributed by atoms with Crippen LogP contribution in [0.1, 0.15) is 18.9 Å². The van der Waals surface area contributed by atoms with Crippen LogP contribution < -0.4 is 20.3 Å². The first-order chi connectivity index (χ1) is 14.2. The number of aromatic nitrogens is 1. The number of methoxy groups -OCH3 is 1. The number of anilines is 2. The minimum Gasteiger partial charge on any atom is -0.494 e. The summed E-state index contributed by atoms with van der Waals surface area (Å²) in [4.78, 5) is 6.93. The first-order valence-electron chi connectivity index (χ1n) is 9.98. The SMILES string of the molecule is COc1ccc(NC(=S)NCCCN2c3ccccc3CC2C)c2cccnc12. The molecule has 1 aromatic heterocycles. The summed E-state index contributed by atoms with van der Waals surface area (Å²) >= 11 is 5.51. The van der Waals surface area contributed by atoms with Gasteiger partial charge in [0.15, 0.2) is 5.11 Å². The average Bonchev–Trinajstić information content (AvgIpc) is 3.06. The molecule has 0 saturated heterocycles. The van der Waals surface area contributed by atoms with Crippen LogP contribution in [0.3, 0.4) is 0 Å². The van der Waals surface area contributed by atoms with E-state index in [1.807, 2.05) is 24.3 Å². The second-order valence-corrected chi connectivity index (χ2v) is 7.73. The minimum atomic E-state index is 0.552. The van der Waals surface area contributed by atoms with Gasteiger partial charge in [0.2, 0.25) is 0 Å². The molecule has 2 N–H and O–H groups in total. The Morgan fingerprint density at radius 3 is 2.93 bits per heavy atom. The monoisotopic (exact) mass is 406 g/mol. The van der Waals surface area contributed by atoms with Crippen molar-refractivity contribution < 1.29 is 4.74 Å². The van der Waals surface area contributed by atoms with E-state index in [1.54, 1.807) is 13.3 Å². The Morgan fingerprint density at radius 1 is 1.21 bits per heavy atom. The molecule has 1 unspecified atom stereocenters. The van der Waals surface area contributed by atoms with E-state index in [1.165, 1.54) is 11.3 Å². The molecule has 0 amide bonds. The number of nitrogens with one attached hydrogen (secondary N) is 2. The van der Waals surface area contributed by atoms with Gasteiger partial charge < -0.3 is 20.3 Å². The summed E-state index contributed by atoms with van der Waals surface area (Å²) < 4.78 is 5.41. The van der Waals surface area contributed by atoms with Crippen LogP contribution in [0.15, 0.2) is 54.7 Å². The second kappa shape index (κ2) is 8.66. The maximum absolute atomic E-state index is 5.51. The van der Waals surface area contributed by atoms with Crippen LogP contribution in [0.2, 0.25) is 0 Å². The van der Waals surface area contributed by atoms with Crippen LogP contribution >= 0.6 is 12.2 Å². The largest absolute Gasteiger partial charge is 0.494 e. The molecule has 3 aromatic rings. The number of rotatable bonds is 6. The molecule has 1 aliphatic rings. The quantitative estimate of drug-likeness (QED) is 0.468. The lowest BCUT2D eigenvalue weighted by Gasteiger charge is -2.25. The average molecular weight is 407 g/mol. The molecule has 0 saturated carbocycles. The number of benzene rings is 2. The first-order valence-corrected chi connectivity index (χ1v) is 10.4. The number of nitrogens with zero attached hydrogens (tertiary/aromatic N) is 2. The lowest BCUT2D eigenvalue weighted by molar-refractivity contribution is 0.419. The van der Waals surface area contributed by atoms with Crippen molar-refractivity contribution in [3.63, 3.8) is 0 Å². The zero-order valence-corrected chi connectivity index (χ0v) is 17.6. The zero-order valence-electron chi connectivity index (χ0n) is 16.8. The molecule has 1 aliphatic heterocycles. The van der Waals surface area contributed by atoms with E-state index in [4.69, 9.17) is 17.0 Å². The predicted octanol–water partition coefficient (Wildman–Crippen LogP) is 4.37. The predicted molar refractivity (Wildman–Crippen MR) is 124 cm³/mol. The van der Waals surface area contributed by atoms with Crippen LogP contribution in [-0.2, 0) is 6.42 Å². The summed E-state index contributed by atoms with van der Waals surface area (Å²) in [6.45, 7) is 4.13. The van der Waals surface area contributed by atoms with Gasteiger partial charge in [0.25, 0.3) is 0 Å². The van der Waals surface area contributed by atoms with E-state index in [9.17, 15) is 0 Å². The molecule has 1 atom stereocenters. The maximum Gasteiger partial charge on any atom is 0.170 e. The molecule has 150 valence electrons. The molecule has 0 fully saturated rings. The topological polar surface area (TPSA) is 49.4 Å². The molecule has 2 heterocycles. The third-order valence-electron chi connectivity index (χ3n) is 5.41. The highest BCUT2D eigenvalue weighted by atomic mass is 32.1. The van der Waals surface area contributed by atoms with Gasteiger partial charge in [0.05, 0.1) is 7.11 Å². The number of hydrogen-bond donors (Lipinski definition) is 2. The van der Waals surface area contributed by atoms with Gasteiger partial charge in [0, 0.05) is 42.1 Å². The van der Waals surface area contributed by atoms with Gasteiger partial charge in [-0.05, 0) is 67.9 Å². The summed E-state index contributed by atoms with van der Waals surface area (Å²) in [7, 11) is 1.66. The van der Waals surface area contributed by atoms with E-state index in [-0.39, 0.29) is 0 Å². The van der Waals surface area contributed by atoms with E-state index < -0.39 is 0 Å². The Balaban J connectivity index is 1.32. The lowest BCUT2D eigenvalue weighted by Crippen LogP contribution is -2.34. The number of fused-ring (bicyclic) bond motifs is 2. The van der Waals surface area contributed by atoms with Crippen LogP contribution in [0.4, 0.5) is 11.4 Å². The third kappa shape index (κ3) is 4.12. The summed E-state index contributed by atoms with van der Waals surface area (Å²) in [6.07, 6.45) is 3.91. The smallest absolute Gasteiger partial charge is 0.170 e. The first kappa shape index (κ1) is 19.5. The Kier molecular flexibility index (Phi) is 5.81. The van der Waals surface area contributed by atoms with E-state index in [0.29, 0.717) is 11.2 Å². The van der Waals surface area contributed by atoms with Crippen LogP contribution in [0, 0.1) is 0 Å². The molecular weight excluding hydrogens is 380 g/mol. The molecule has 2 aromatic carbocycles. The van der Waals surface area contributed by atoms with Crippen molar-refractivity contribution in [3.05, 3.63) is 60.3 Å². The fourth-order valence-corrected chi connectivity index (χ4v) is 4.22. The van der Waals surface area contributed by atoms with Crippen molar-refractivity contribution in [1.82, 2.24) is 10.3 Å². The van der Waals surface area contributed by atoms with Gasteiger partial charge in [0.1, 0.15) is 11.3 Å². The molecular formula is C23H26N4OS. The Hall–Kier alpha value is -2.86. The summed E-state index contributed by atoms with van der Waals surface area (Å²) in [6, 6.07) is 17.1. The highest BCUT2D eigenvalue weighted by Crippen LogP contribution is 2.32. The standard InChI is InChI=1S/C23H26N4OS/c1-16-15-17-7-3-4-9-20(17)27(16)14-6-13-25-23(29)26-19-10-11-21(28-2)22-18(19)8-5-12-24-22/h3-5,7-12,16H,6,13-15H2,1-2H3,(H2,25,26,29). The third-order valence-corrected chi connectivity index (χ3v) is 5.66. The van der Waals surface area contributed by atoms with Crippen molar-refractivity contribution in [3.8, 4) is 5.75 Å². The summed E-state index contributed by atoms with van der Waals surface area (Å²) in [5, 5.41) is 8.23. The van der Waals surface area contributed by atoms with Crippen molar-refractivity contribution in [2.24, 2.45) is 0 Å². The molecule has 5 nitrogen and oxygen atoms in total. The van der Waals surface area contributed by atoms with Crippen molar-refractivity contribution >= 4 is 39.6 Å².